The van der Waals surface area contributed by atoms with Crippen molar-refractivity contribution in [3.63, 3.8) is 0 Å². The van der Waals surface area contributed by atoms with Crippen molar-refractivity contribution < 1.29 is 4.42 Å². The van der Waals surface area contributed by atoms with Crippen molar-refractivity contribution in [2.75, 3.05) is 18.0 Å². The topological polar surface area (TPSA) is 19.6 Å². The SMILES string of the molecule is C1=CCN2CCc3ccc4c(oc5ccccc54)c3C3C=CC=CN3c3ccccc3C2=C1. The van der Waals surface area contributed by atoms with E-state index in [1.54, 1.807) is 0 Å². The van der Waals surface area contributed by atoms with Gasteiger partial charge in [-0.05, 0) is 36.3 Å². The quantitative estimate of drug-likeness (QED) is 0.301. The Hall–Kier alpha value is -3.98. The minimum atomic E-state index is 0.0710. The van der Waals surface area contributed by atoms with Crippen LogP contribution < -0.4 is 4.90 Å². The summed E-state index contributed by atoms with van der Waals surface area (Å²) in [5.41, 5.74) is 8.37. The molecule has 0 aliphatic carbocycles. The van der Waals surface area contributed by atoms with E-state index in [9.17, 15) is 0 Å². The zero-order valence-electron chi connectivity index (χ0n) is 18.3. The Bertz CT molecular complexity index is 1520. The van der Waals surface area contributed by atoms with E-state index in [2.05, 4.69) is 107 Å². The first-order valence-electron chi connectivity index (χ1n) is 11.7. The number of hydrogen-bond acceptors (Lipinski definition) is 3. The van der Waals surface area contributed by atoms with Gasteiger partial charge in [0, 0.05) is 46.9 Å². The molecular weight excluding hydrogens is 404 g/mol. The van der Waals surface area contributed by atoms with Gasteiger partial charge in [-0.2, -0.15) is 0 Å². The normalized spacial score (nSPS) is 19.2. The van der Waals surface area contributed by atoms with Crippen LogP contribution in [0.2, 0.25) is 0 Å². The fourth-order valence-electron chi connectivity index (χ4n) is 5.55. The van der Waals surface area contributed by atoms with Crippen molar-refractivity contribution in [1.29, 1.82) is 0 Å². The van der Waals surface area contributed by atoms with Gasteiger partial charge in [0.2, 0.25) is 0 Å². The second-order valence-corrected chi connectivity index (χ2v) is 8.89. The van der Waals surface area contributed by atoms with E-state index in [4.69, 9.17) is 4.42 Å². The van der Waals surface area contributed by atoms with Crippen molar-refractivity contribution in [3.8, 4) is 0 Å². The van der Waals surface area contributed by atoms with E-state index in [1.807, 2.05) is 6.07 Å². The van der Waals surface area contributed by atoms with Crippen LogP contribution in [0.3, 0.4) is 0 Å². The molecule has 1 atom stereocenters. The lowest BCUT2D eigenvalue weighted by atomic mass is 9.91. The fraction of sp³-hybridized carbons (Fsp3) is 0.133. The largest absolute Gasteiger partial charge is 0.456 e. The Balaban J connectivity index is 1.53. The lowest BCUT2D eigenvalue weighted by Crippen LogP contribution is -2.31. The third-order valence-electron chi connectivity index (χ3n) is 7.09. The molecule has 3 aliphatic rings. The van der Waals surface area contributed by atoms with Crippen LogP contribution in [-0.4, -0.2) is 18.0 Å². The van der Waals surface area contributed by atoms with Crippen molar-refractivity contribution in [2.24, 2.45) is 0 Å². The maximum atomic E-state index is 6.54. The van der Waals surface area contributed by atoms with Gasteiger partial charge in [-0.25, -0.2) is 0 Å². The van der Waals surface area contributed by atoms with Crippen LogP contribution in [0.15, 0.2) is 108 Å². The van der Waals surface area contributed by atoms with Gasteiger partial charge >= 0.3 is 0 Å². The van der Waals surface area contributed by atoms with Crippen molar-refractivity contribution >= 4 is 33.3 Å². The lowest BCUT2D eigenvalue weighted by Gasteiger charge is -2.37. The first kappa shape index (κ1) is 18.6. The van der Waals surface area contributed by atoms with Crippen LogP contribution in [0.5, 0.6) is 0 Å². The van der Waals surface area contributed by atoms with Gasteiger partial charge in [-0.1, -0.05) is 72.8 Å². The number of nitrogens with zero attached hydrogens (tertiary/aromatic N) is 2. The lowest BCUT2D eigenvalue weighted by molar-refractivity contribution is 0.437. The van der Waals surface area contributed by atoms with Gasteiger partial charge in [0.25, 0.3) is 0 Å². The molecule has 0 spiro atoms. The molecule has 160 valence electrons. The average Bonchev–Trinajstić information content (AvgIpc) is 3.26. The Morgan fingerprint density at radius 2 is 1.76 bits per heavy atom. The molecule has 1 aromatic heterocycles. The third-order valence-corrected chi connectivity index (χ3v) is 7.09. The summed E-state index contributed by atoms with van der Waals surface area (Å²) in [4.78, 5) is 4.90. The predicted molar refractivity (Wildman–Crippen MR) is 136 cm³/mol. The Kier molecular flexibility index (Phi) is 4.10. The van der Waals surface area contributed by atoms with Crippen molar-refractivity contribution in [3.05, 3.63) is 120 Å². The fourth-order valence-corrected chi connectivity index (χ4v) is 5.55. The molecule has 0 saturated carbocycles. The summed E-state index contributed by atoms with van der Waals surface area (Å²) in [6, 6.07) is 21.8. The Morgan fingerprint density at radius 3 is 2.76 bits per heavy atom. The second kappa shape index (κ2) is 7.28. The first-order valence-corrected chi connectivity index (χ1v) is 11.7. The number of furan rings is 1. The second-order valence-electron chi connectivity index (χ2n) is 8.89. The molecule has 3 heteroatoms. The molecule has 0 saturated heterocycles. The van der Waals surface area contributed by atoms with Crippen LogP contribution in [0.1, 0.15) is 22.7 Å². The summed E-state index contributed by atoms with van der Waals surface area (Å²) in [6.07, 6.45) is 16.5. The zero-order valence-corrected chi connectivity index (χ0v) is 18.3. The molecule has 4 aromatic rings. The number of rotatable bonds is 0. The molecule has 0 bridgehead atoms. The number of para-hydroxylation sites is 2. The van der Waals surface area contributed by atoms with Gasteiger partial charge in [0.1, 0.15) is 11.2 Å². The van der Waals surface area contributed by atoms with Crippen LogP contribution >= 0.6 is 0 Å². The number of benzene rings is 3. The molecule has 3 aliphatic heterocycles. The number of anilines is 1. The van der Waals surface area contributed by atoms with Gasteiger partial charge in [-0.15, -0.1) is 0 Å². The summed E-state index contributed by atoms with van der Waals surface area (Å²) in [6.45, 7) is 1.90. The standard InChI is InChI=1S/C30H24N2O/c1-3-12-26-24(10-1)25-11-5-7-18-31(25)20-17-21-15-16-23-22-9-2-4-14-28(22)33-30(23)29(21)27-13-6-8-19-32(26)27/h1-16,19,27H,17-18,20H2. The molecule has 0 N–H and O–H groups in total. The highest BCUT2D eigenvalue weighted by molar-refractivity contribution is 6.06. The van der Waals surface area contributed by atoms with E-state index >= 15 is 0 Å². The molecule has 33 heavy (non-hydrogen) atoms. The molecule has 0 fully saturated rings. The maximum Gasteiger partial charge on any atom is 0.141 e. The number of fused-ring (bicyclic) bond motifs is 11. The molecule has 3 aromatic carbocycles. The van der Waals surface area contributed by atoms with E-state index in [0.29, 0.717) is 0 Å². The number of hydrogen-bond donors (Lipinski definition) is 0. The van der Waals surface area contributed by atoms with Crippen LogP contribution in [0.25, 0.3) is 27.6 Å². The van der Waals surface area contributed by atoms with Crippen molar-refractivity contribution in [1.82, 2.24) is 4.90 Å². The molecule has 0 radical (unpaired) electrons. The minimum Gasteiger partial charge on any atom is -0.456 e. The summed E-state index contributed by atoms with van der Waals surface area (Å²) < 4.78 is 6.54. The van der Waals surface area contributed by atoms with Crippen LogP contribution in [0.4, 0.5) is 5.69 Å². The Labute approximate surface area is 193 Å². The Morgan fingerprint density at radius 1 is 0.848 bits per heavy atom. The summed E-state index contributed by atoms with van der Waals surface area (Å²) in [5.74, 6) is 0. The van der Waals surface area contributed by atoms with E-state index in [0.717, 1.165) is 30.7 Å². The summed E-state index contributed by atoms with van der Waals surface area (Å²) in [7, 11) is 0. The van der Waals surface area contributed by atoms with Gasteiger partial charge in [0.15, 0.2) is 0 Å². The van der Waals surface area contributed by atoms with Gasteiger partial charge < -0.3 is 14.2 Å². The monoisotopic (exact) mass is 428 g/mol. The molecule has 7 rings (SSSR count). The number of allylic oxidation sites excluding steroid dienone is 4. The third kappa shape index (κ3) is 2.82. The molecule has 4 heterocycles. The molecule has 3 nitrogen and oxygen atoms in total. The molecular formula is C30H24N2O. The smallest absolute Gasteiger partial charge is 0.141 e. The average molecular weight is 429 g/mol. The van der Waals surface area contributed by atoms with Crippen molar-refractivity contribution in [2.45, 2.75) is 12.5 Å². The first-order chi connectivity index (χ1) is 16.4. The van der Waals surface area contributed by atoms with Crippen LogP contribution in [0, 0.1) is 0 Å². The highest BCUT2D eigenvalue weighted by Crippen LogP contribution is 2.43. The highest BCUT2D eigenvalue weighted by Gasteiger charge is 2.30. The van der Waals surface area contributed by atoms with Crippen LogP contribution in [-0.2, 0) is 6.42 Å². The predicted octanol–water partition coefficient (Wildman–Crippen LogP) is 6.99. The minimum absolute atomic E-state index is 0.0710. The summed E-state index contributed by atoms with van der Waals surface area (Å²) in [5, 5.41) is 2.38. The zero-order chi connectivity index (χ0) is 21.8. The maximum absolute atomic E-state index is 6.54. The summed E-state index contributed by atoms with van der Waals surface area (Å²) >= 11 is 0. The highest BCUT2D eigenvalue weighted by atomic mass is 16.3. The van der Waals surface area contributed by atoms with E-state index < -0.39 is 0 Å². The van der Waals surface area contributed by atoms with Gasteiger partial charge in [0.05, 0.1) is 11.7 Å². The molecule has 0 amide bonds. The van der Waals surface area contributed by atoms with Gasteiger partial charge in [-0.3, -0.25) is 0 Å². The molecule has 1 unspecified atom stereocenters. The van der Waals surface area contributed by atoms with E-state index in [-0.39, 0.29) is 6.04 Å². The van der Waals surface area contributed by atoms with E-state index in [1.165, 1.54) is 38.8 Å².